The van der Waals surface area contributed by atoms with Gasteiger partial charge in [0, 0.05) is 33.0 Å². The lowest BCUT2D eigenvalue weighted by atomic mass is 10.2. The summed E-state index contributed by atoms with van der Waals surface area (Å²) in [5, 5.41) is 36.5. The zero-order valence-corrected chi connectivity index (χ0v) is 31.3. The molecule has 13 nitrogen and oxygen atoms in total. The number of nitrogens with zero attached hydrogens (tertiary/aromatic N) is 5. The molecule has 6 rings (SSSR count). The van der Waals surface area contributed by atoms with Crippen molar-refractivity contribution in [3.8, 4) is 21.4 Å². The monoisotopic (exact) mass is 734 g/mol. The molecule has 0 fully saturated rings. The Bertz CT molecular complexity index is 1980. The van der Waals surface area contributed by atoms with Crippen LogP contribution in [-0.2, 0) is 11.5 Å². The van der Waals surface area contributed by atoms with E-state index in [-0.39, 0.29) is 43.8 Å². The van der Waals surface area contributed by atoms with Crippen molar-refractivity contribution in [2.24, 2.45) is 0 Å². The van der Waals surface area contributed by atoms with Crippen molar-refractivity contribution in [3.63, 3.8) is 0 Å². The Balaban J connectivity index is 0.000000204. The van der Waals surface area contributed by atoms with Crippen LogP contribution in [0.3, 0.4) is 0 Å². The van der Waals surface area contributed by atoms with Gasteiger partial charge in [0.15, 0.2) is 0 Å². The van der Waals surface area contributed by atoms with Crippen LogP contribution in [0.1, 0.15) is 34.6 Å². The first-order valence-corrected chi connectivity index (χ1v) is 21.5. The largest absolute Gasteiger partial charge is 0.394 e. The van der Waals surface area contributed by atoms with E-state index in [0.29, 0.717) is 34.1 Å². The molecule has 5 N–H and O–H groups in total. The maximum atomic E-state index is 12.8. The molecule has 16 heteroatoms. The number of para-hydroxylation sites is 2. The molecule has 50 heavy (non-hydrogen) atoms. The third kappa shape index (κ3) is 9.46. The number of rotatable bonds is 13. The summed E-state index contributed by atoms with van der Waals surface area (Å²) in [7, 11) is -1.16. The number of fused-ring (bicyclic) bond motifs is 2. The molecule has 2 atom stereocenters. The van der Waals surface area contributed by atoms with Crippen LogP contribution >= 0.6 is 22.7 Å². The first-order chi connectivity index (χ1) is 24.0. The molecule has 264 valence electrons. The maximum Gasteiger partial charge on any atom is 0.255 e. The second kappa shape index (κ2) is 16.6. The second-order valence-corrected chi connectivity index (χ2v) is 20.7. The van der Waals surface area contributed by atoms with E-state index in [0.717, 1.165) is 31.5 Å². The predicted molar refractivity (Wildman–Crippen MR) is 200 cm³/mol. The lowest BCUT2D eigenvalue weighted by molar-refractivity contribution is 0.0785. The predicted octanol–water partition coefficient (Wildman–Crippen LogP) is 5.38. The van der Waals surface area contributed by atoms with Crippen LogP contribution in [0, 0.1) is 0 Å². The van der Waals surface area contributed by atoms with E-state index in [9.17, 15) is 14.7 Å². The Morgan fingerprint density at radius 1 is 0.880 bits per heavy atom. The van der Waals surface area contributed by atoms with Gasteiger partial charge in [-0.2, -0.15) is 10.2 Å². The highest BCUT2D eigenvalue weighted by Crippen LogP contribution is 2.32. The third-order valence-corrected chi connectivity index (χ3v) is 11.2. The van der Waals surface area contributed by atoms with E-state index in [2.05, 4.69) is 55.5 Å². The van der Waals surface area contributed by atoms with Crippen LogP contribution in [0.5, 0.6) is 0 Å². The Morgan fingerprint density at radius 2 is 1.44 bits per heavy atom. The number of nitrogens with one attached hydrogen (secondary N) is 3. The van der Waals surface area contributed by atoms with Crippen molar-refractivity contribution in [1.29, 1.82) is 0 Å². The molecule has 0 unspecified atom stereocenters. The molecule has 2 aromatic carbocycles. The summed E-state index contributed by atoms with van der Waals surface area (Å²) in [4.78, 5) is 34.1. The topological polar surface area (TPSA) is 180 Å². The molecule has 2 amide bonds. The molecule has 0 aliphatic rings. The maximum absolute atomic E-state index is 12.8. The first kappa shape index (κ1) is 36.9. The van der Waals surface area contributed by atoms with Gasteiger partial charge in [-0.15, -0.1) is 22.7 Å². The number of benzene rings is 2. The van der Waals surface area contributed by atoms with E-state index < -0.39 is 8.07 Å². The number of carbonyl (C=O) groups excluding carboxylic acids is 2. The summed E-state index contributed by atoms with van der Waals surface area (Å²) >= 11 is 3.00. The Kier molecular flexibility index (Phi) is 12.3. The summed E-state index contributed by atoms with van der Waals surface area (Å²) in [5.41, 5.74) is 3.75. The fourth-order valence-corrected chi connectivity index (χ4v) is 7.31. The number of carbonyl (C=O) groups is 2. The summed E-state index contributed by atoms with van der Waals surface area (Å²) in [5.74, 6) is -0.561. The molecule has 4 heterocycles. The Morgan fingerprint density at radius 3 is 2.02 bits per heavy atom. The van der Waals surface area contributed by atoms with Crippen LogP contribution in [0.15, 0.2) is 60.9 Å². The van der Waals surface area contributed by atoms with Crippen molar-refractivity contribution in [1.82, 2.24) is 40.6 Å². The Hall–Kier alpha value is -4.32. The van der Waals surface area contributed by atoms with Gasteiger partial charge in [-0.05, 0) is 44.2 Å². The average Bonchev–Trinajstić information content (AvgIpc) is 3.90. The van der Waals surface area contributed by atoms with E-state index in [4.69, 9.17) is 9.84 Å². The SMILES string of the molecule is C[C@H](CO)NC(=O)c1cn(COCC[Si](C)(C)C)nc1-c1nc2ccccc2s1.C[C@H](CO)NC(=O)c1cn[nH]c1-c1nc2ccccc2s1. The third-order valence-electron chi connectivity index (χ3n) is 7.42. The zero-order chi connectivity index (χ0) is 35.8. The molecule has 0 saturated heterocycles. The van der Waals surface area contributed by atoms with Gasteiger partial charge in [-0.25, -0.2) is 14.6 Å². The van der Waals surface area contributed by atoms with Gasteiger partial charge >= 0.3 is 0 Å². The number of aliphatic hydroxyl groups is 2. The van der Waals surface area contributed by atoms with E-state index >= 15 is 0 Å². The van der Waals surface area contributed by atoms with Crippen molar-refractivity contribution in [3.05, 3.63) is 72.1 Å². The summed E-state index contributed by atoms with van der Waals surface area (Å²) in [6.45, 7) is 11.1. The highest BCUT2D eigenvalue weighted by molar-refractivity contribution is 7.22. The van der Waals surface area contributed by atoms with Crippen LogP contribution < -0.4 is 10.6 Å². The number of hydrogen-bond donors (Lipinski definition) is 5. The minimum absolute atomic E-state index is 0.111. The quantitative estimate of drug-likeness (QED) is 0.0769. The van der Waals surface area contributed by atoms with Crippen LogP contribution in [0.2, 0.25) is 25.7 Å². The zero-order valence-electron chi connectivity index (χ0n) is 28.6. The number of H-pyrrole nitrogens is 1. The number of thiazole rings is 2. The standard InChI is InChI=1S/C20H28N4O3SSi.C14H14N4O2S/c1-14(12-25)21-19(26)15-11-24(13-27-9-10-29(2,3)4)23-18(15)20-22-16-7-5-6-8-17(16)28-20;1-8(7-19)16-13(20)9-6-15-18-12(9)14-17-10-4-2-3-5-11(10)21-14/h5-8,11,14,25H,9-10,12-13H2,1-4H3,(H,21,26);2-6,8,19H,7H2,1H3,(H,15,18)(H,16,20)/t14-;8-/m11/s1. The first-order valence-electron chi connectivity index (χ1n) is 16.2. The molecule has 0 bridgehead atoms. The second-order valence-electron chi connectivity index (χ2n) is 13.0. The number of aliphatic hydroxyl groups excluding tert-OH is 2. The molecule has 6 aromatic rings. The van der Waals surface area contributed by atoms with Crippen molar-refractivity contribution < 1.29 is 24.5 Å². The minimum Gasteiger partial charge on any atom is -0.394 e. The fraction of sp³-hybridized carbons (Fsp3) is 0.353. The summed E-state index contributed by atoms with van der Waals surface area (Å²) < 4.78 is 9.52. The van der Waals surface area contributed by atoms with Crippen molar-refractivity contribution in [2.75, 3.05) is 19.8 Å². The van der Waals surface area contributed by atoms with Gasteiger partial charge in [0.2, 0.25) is 0 Å². The molecule has 0 aliphatic carbocycles. The van der Waals surface area contributed by atoms with Gasteiger partial charge in [-0.1, -0.05) is 43.9 Å². The van der Waals surface area contributed by atoms with Gasteiger partial charge in [0.1, 0.15) is 28.1 Å². The number of amides is 2. The molecule has 0 radical (unpaired) electrons. The van der Waals surface area contributed by atoms with Crippen molar-refractivity contribution in [2.45, 2.75) is 58.3 Å². The molecule has 0 saturated carbocycles. The lowest BCUT2D eigenvalue weighted by Gasteiger charge is -2.15. The summed E-state index contributed by atoms with van der Waals surface area (Å²) in [6, 6.07) is 16.1. The van der Waals surface area contributed by atoms with Gasteiger partial charge < -0.3 is 25.6 Å². The lowest BCUT2D eigenvalue weighted by Crippen LogP contribution is -2.35. The van der Waals surface area contributed by atoms with Gasteiger partial charge in [0.05, 0.1) is 51.0 Å². The summed E-state index contributed by atoms with van der Waals surface area (Å²) in [6.07, 6.45) is 3.16. The normalized spacial score (nSPS) is 12.8. The number of aromatic nitrogens is 6. The van der Waals surface area contributed by atoms with Crippen molar-refractivity contribution >= 4 is 63.0 Å². The average molecular weight is 735 g/mol. The molecule has 0 spiro atoms. The molecule has 4 aromatic heterocycles. The highest BCUT2D eigenvalue weighted by Gasteiger charge is 2.23. The van der Waals surface area contributed by atoms with E-state index in [1.807, 2.05) is 48.5 Å². The van der Waals surface area contributed by atoms with Crippen LogP contribution in [0.4, 0.5) is 0 Å². The molecular weight excluding hydrogens is 693 g/mol. The molecular formula is C34H42N8O5S2Si. The number of hydrogen-bond acceptors (Lipinski definition) is 11. The van der Waals surface area contributed by atoms with E-state index in [1.165, 1.54) is 28.9 Å². The smallest absolute Gasteiger partial charge is 0.255 e. The Labute approximate surface area is 298 Å². The van der Waals surface area contributed by atoms with E-state index in [1.54, 1.807) is 24.7 Å². The van der Waals surface area contributed by atoms with Crippen LogP contribution in [0.25, 0.3) is 41.8 Å². The van der Waals surface area contributed by atoms with Crippen LogP contribution in [-0.4, -0.2) is 92.0 Å². The van der Waals surface area contributed by atoms with Gasteiger partial charge in [-0.3, -0.25) is 14.7 Å². The molecule has 0 aliphatic heterocycles. The number of ether oxygens (including phenoxy) is 1. The number of aromatic amines is 1. The van der Waals surface area contributed by atoms with Gasteiger partial charge in [0.25, 0.3) is 11.8 Å². The minimum atomic E-state index is -1.16. The fourth-order valence-electron chi connectivity index (χ4n) is 4.62. The highest BCUT2D eigenvalue weighted by atomic mass is 32.1.